The van der Waals surface area contributed by atoms with Crippen LogP contribution in [-0.2, 0) is 11.6 Å². The Kier molecular flexibility index (Phi) is 10.0. The van der Waals surface area contributed by atoms with Crippen molar-refractivity contribution < 1.29 is 0 Å². The molecule has 0 radical (unpaired) electrons. The van der Waals surface area contributed by atoms with Gasteiger partial charge in [-0.1, -0.05) is 99.6 Å². The number of unbranched alkanes of at least 4 members (excludes halogenated alkanes) is 3. The summed E-state index contributed by atoms with van der Waals surface area (Å²) in [5.74, 6) is 0. The zero-order valence-corrected chi connectivity index (χ0v) is 16.8. The van der Waals surface area contributed by atoms with Gasteiger partial charge in [-0.25, -0.2) is 0 Å². The second-order valence-electron chi connectivity index (χ2n) is 6.23. The molecule has 1 aromatic carbocycles. The minimum Gasteiger partial charge on any atom is -0.0771 e. The van der Waals surface area contributed by atoms with Crippen LogP contribution in [0.2, 0.25) is 0 Å². The largest absolute Gasteiger partial charge is 0.0962 e. The molecular formula is C19H31Cl2P. The van der Waals surface area contributed by atoms with Crippen molar-refractivity contribution in [1.29, 1.82) is 0 Å². The van der Waals surface area contributed by atoms with Crippen LogP contribution in [0.25, 0.3) is 0 Å². The van der Waals surface area contributed by atoms with Crippen molar-refractivity contribution in [2.45, 2.75) is 83.7 Å². The number of hydrogen-bond acceptors (Lipinski definition) is 0. The summed E-state index contributed by atoms with van der Waals surface area (Å²) in [6.45, 7) is 5.71. The van der Waals surface area contributed by atoms with Gasteiger partial charge in [0.25, 0.3) is 0 Å². The summed E-state index contributed by atoms with van der Waals surface area (Å²) in [5, 5.41) is -0.0190. The van der Waals surface area contributed by atoms with Crippen molar-refractivity contribution in [2.75, 3.05) is 0 Å². The van der Waals surface area contributed by atoms with Crippen LogP contribution in [0.4, 0.5) is 0 Å². The zero-order chi connectivity index (χ0) is 16.4. The smallest absolute Gasteiger partial charge is 0.0771 e. The van der Waals surface area contributed by atoms with E-state index < -0.39 is 6.63 Å². The molecule has 0 unspecified atom stereocenters. The van der Waals surface area contributed by atoms with Crippen molar-refractivity contribution in [1.82, 2.24) is 0 Å². The minimum atomic E-state index is -1.03. The molecule has 0 N–H and O–H groups in total. The SMILES string of the molecule is CCCCc1ccccc1C(CCCC)(CCCC)P(Cl)Cl. The average molecular weight is 361 g/mol. The first-order valence-electron chi connectivity index (χ1n) is 8.82. The Morgan fingerprint density at radius 3 is 1.91 bits per heavy atom. The Morgan fingerprint density at radius 1 is 0.864 bits per heavy atom. The van der Waals surface area contributed by atoms with E-state index in [0.29, 0.717) is 0 Å². The molecule has 22 heavy (non-hydrogen) atoms. The highest BCUT2D eigenvalue weighted by molar-refractivity contribution is 8.04. The third-order valence-electron chi connectivity index (χ3n) is 4.53. The Morgan fingerprint density at radius 2 is 1.41 bits per heavy atom. The second-order valence-corrected chi connectivity index (χ2v) is 10.1. The molecule has 0 nitrogen and oxygen atoms in total. The van der Waals surface area contributed by atoms with Crippen LogP contribution >= 0.6 is 29.1 Å². The Bertz CT molecular complexity index is 410. The average Bonchev–Trinajstić information content (AvgIpc) is 2.53. The van der Waals surface area contributed by atoms with Crippen molar-refractivity contribution in [3.05, 3.63) is 35.4 Å². The summed E-state index contributed by atoms with van der Waals surface area (Å²) < 4.78 is 0. The van der Waals surface area contributed by atoms with E-state index in [2.05, 4.69) is 45.0 Å². The van der Waals surface area contributed by atoms with Gasteiger partial charge in [0.15, 0.2) is 0 Å². The fourth-order valence-corrected chi connectivity index (χ4v) is 5.77. The highest BCUT2D eigenvalue weighted by Gasteiger charge is 2.39. The van der Waals surface area contributed by atoms with Gasteiger partial charge in [-0.3, -0.25) is 0 Å². The molecule has 0 heterocycles. The fourth-order valence-electron chi connectivity index (χ4n) is 3.15. The molecule has 1 aromatic rings. The van der Waals surface area contributed by atoms with Crippen LogP contribution in [0.1, 0.15) is 83.3 Å². The van der Waals surface area contributed by atoms with Crippen LogP contribution in [0.3, 0.4) is 0 Å². The first-order chi connectivity index (χ1) is 10.6. The number of hydrogen-bond donors (Lipinski definition) is 0. The molecule has 0 bridgehead atoms. The predicted molar refractivity (Wildman–Crippen MR) is 104 cm³/mol. The normalized spacial score (nSPS) is 12.1. The van der Waals surface area contributed by atoms with Crippen LogP contribution in [0, 0.1) is 0 Å². The summed E-state index contributed by atoms with van der Waals surface area (Å²) in [6.07, 6.45) is 10.6. The van der Waals surface area contributed by atoms with Gasteiger partial charge < -0.3 is 0 Å². The van der Waals surface area contributed by atoms with Gasteiger partial charge in [-0.2, -0.15) is 0 Å². The lowest BCUT2D eigenvalue weighted by molar-refractivity contribution is 0.473. The predicted octanol–water partition coefficient (Wildman–Crippen LogP) is 8.39. The van der Waals surface area contributed by atoms with Crippen LogP contribution < -0.4 is 0 Å². The summed E-state index contributed by atoms with van der Waals surface area (Å²) in [7, 11) is 0. The second kappa shape index (κ2) is 10.9. The molecule has 0 atom stereocenters. The summed E-state index contributed by atoms with van der Waals surface area (Å²) in [4.78, 5) is 0. The molecule has 0 saturated heterocycles. The Balaban J connectivity index is 3.22. The van der Waals surface area contributed by atoms with E-state index in [1.807, 2.05) is 0 Å². The molecular weight excluding hydrogens is 330 g/mol. The lowest BCUT2D eigenvalue weighted by Crippen LogP contribution is -2.23. The van der Waals surface area contributed by atoms with Crippen molar-refractivity contribution in [2.24, 2.45) is 0 Å². The molecule has 0 aliphatic heterocycles. The number of halogens is 2. The molecule has 0 saturated carbocycles. The minimum absolute atomic E-state index is 0.0190. The number of aryl methyl sites for hydroxylation is 1. The van der Waals surface area contributed by atoms with Gasteiger partial charge in [0.1, 0.15) is 0 Å². The van der Waals surface area contributed by atoms with E-state index >= 15 is 0 Å². The molecule has 0 amide bonds. The highest BCUT2D eigenvalue weighted by Crippen LogP contribution is 2.68. The molecule has 1 rings (SSSR count). The van der Waals surface area contributed by atoms with E-state index in [4.69, 9.17) is 22.5 Å². The molecule has 0 aliphatic carbocycles. The molecule has 0 fully saturated rings. The van der Waals surface area contributed by atoms with Crippen molar-refractivity contribution >= 4 is 29.1 Å². The molecule has 0 spiro atoms. The van der Waals surface area contributed by atoms with Crippen LogP contribution in [-0.4, -0.2) is 0 Å². The molecule has 3 heteroatoms. The lowest BCUT2D eigenvalue weighted by atomic mass is 9.84. The maximum Gasteiger partial charge on any atom is 0.0962 e. The maximum atomic E-state index is 6.64. The number of rotatable bonds is 11. The molecule has 0 aliphatic rings. The lowest BCUT2D eigenvalue weighted by Gasteiger charge is -2.37. The maximum absolute atomic E-state index is 6.64. The Hall–Kier alpha value is 0.230. The first kappa shape index (κ1) is 20.3. The van der Waals surface area contributed by atoms with Gasteiger partial charge in [0, 0.05) is 5.16 Å². The first-order valence-corrected chi connectivity index (χ1v) is 12.0. The van der Waals surface area contributed by atoms with Gasteiger partial charge in [0.2, 0.25) is 0 Å². The number of benzene rings is 1. The van der Waals surface area contributed by atoms with Gasteiger partial charge in [-0.05, 0) is 36.8 Å². The Labute approximate surface area is 148 Å². The third kappa shape index (κ3) is 5.40. The van der Waals surface area contributed by atoms with Crippen LogP contribution in [0.15, 0.2) is 24.3 Å². The van der Waals surface area contributed by atoms with E-state index in [1.165, 1.54) is 49.7 Å². The fraction of sp³-hybridized carbons (Fsp3) is 0.684. The van der Waals surface area contributed by atoms with E-state index in [9.17, 15) is 0 Å². The van der Waals surface area contributed by atoms with Crippen LogP contribution in [0.5, 0.6) is 0 Å². The summed E-state index contributed by atoms with van der Waals surface area (Å²) >= 11 is 13.3. The monoisotopic (exact) mass is 360 g/mol. The molecule has 0 aromatic heterocycles. The van der Waals surface area contributed by atoms with Crippen molar-refractivity contribution in [3.8, 4) is 0 Å². The highest BCUT2D eigenvalue weighted by atomic mass is 35.9. The van der Waals surface area contributed by atoms with E-state index in [0.717, 1.165) is 19.3 Å². The summed E-state index contributed by atoms with van der Waals surface area (Å²) in [5.41, 5.74) is 2.90. The quantitative estimate of drug-likeness (QED) is 0.347. The zero-order valence-electron chi connectivity index (χ0n) is 14.4. The third-order valence-corrected chi connectivity index (χ3v) is 7.81. The topological polar surface area (TPSA) is 0 Å². The van der Waals surface area contributed by atoms with E-state index in [-0.39, 0.29) is 5.16 Å². The van der Waals surface area contributed by atoms with Gasteiger partial charge in [0.05, 0.1) is 6.63 Å². The molecule has 126 valence electrons. The van der Waals surface area contributed by atoms with E-state index in [1.54, 1.807) is 0 Å². The standard InChI is InChI=1S/C19H31Cl2P/c1-4-7-12-17-13-10-11-14-18(17)19(22(20)21,15-8-5-2)16-9-6-3/h10-11,13-14H,4-9,12,15-16H2,1-3H3. The summed E-state index contributed by atoms with van der Waals surface area (Å²) in [6, 6.07) is 8.88. The van der Waals surface area contributed by atoms with Gasteiger partial charge >= 0.3 is 0 Å². The van der Waals surface area contributed by atoms with Crippen molar-refractivity contribution in [3.63, 3.8) is 0 Å². The van der Waals surface area contributed by atoms with Gasteiger partial charge in [-0.15, -0.1) is 0 Å².